The van der Waals surface area contributed by atoms with Gasteiger partial charge in [-0.25, -0.2) is 9.48 Å². The van der Waals surface area contributed by atoms with Crippen molar-refractivity contribution in [2.45, 2.75) is 13.5 Å². The monoisotopic (exact) mass is 368 g/mol. The number of anilines is 1. The Morgan fingerprint density at radius 1 is 1.24 bits per heavy atom. The van der Waals surface area contributed by atoms with E-state index in [1.807, 2.05) is 0 Å². The highest BCUT2D eigenvalue weighted by molar-refractivity contribution is 6.32. The van der Waals surface area contributed by atoms with Gasteiger partial charge in [-0.3, -0.25) is 4.79 Å². The molecule has 0 aliphatic carbocycles. The van der Waals surface area contributed by atoms with Crippen molar-refractivity contribution in [3.63, 3.8) is 0 Å². The third-order valence-corrected chi connectivity index (χ3v) is 3.37. The number of aromatic nitrogens is 3. The van der Waals surface area contributed by atoms with Crippen LogP contribution in [0.15, 0.2) is 18.3 Å². The summed E-state index contributed by atoms with van der Waals surface area (Å²) in [5.74, 6) is -0.190. The summed E-state index contributed by atoms with van der Waals surface area (Å²) in [5, 5.41) is 10.4. The standard InChI is InChI=1S/C15H17ClN4O5/c1-4-25-15(22)11-7-20(19-18-11)8-14(21)17-10-5-9(16)12(23-2)6-13(10)24-3/h5-7H,4,8H2,1-3H3,(H,17,21). The number of amides is 1. The fourth-order valence-corrected chi connectivity index (χ4v) is 2.21. The van der Waals surface area contributed by atoms with Gasteiger partial charge in [-0.15, -0.1) is 5.10 Å². The summed E-state index contributed by atoms with van der Waals surface area (Å²) in [6.07, 6.45) is 1.33. The number of methoxy groups -OCH3 is 2. The van der Waals surface area contributed by atoms with E-state index in [0.29, 0.717) is 22.2 Å². The summed E-state index contributed by atoms with van der Waals surface area (Å²) in [6.45, 7) is 1.76. The van der Waals surface area contributed by atoms with Gasteiger partial charge >= 0.3 is 5.97 Å². The van der Waals surface area contributed by atoms with Crippen molar-refractivity contribution in [2.75, 3.05) is 26.1 Å². The molecule has 1 aromatic carbocycles. The SMILES string of the molecule is CCOC(=O)c1cn(CC(=O)Nc2cc(Cl)c(OC)cc2OC)nn1. The van der Waals surface area contributed by atoms with Crippen LogP contribution in [0.2, 0.25) is 5.02 Å². The summed E-state index contributed by atoms with van der Waals surface area (Å²) < 4.78 is 16.3. The molecule has 0 spiro atoms. The molecule has 0 saturated heterocycles. The van der Waals surface area contributed by atoms with Gasteiger partial charge in [0.2, 0.25) is 5.91 Å². The van der Waals surface area contributed by atoms with Crippen LogP contribution in [0.1, 0.15) is 17.4 Å². The van der Waals surface area contributed by atoms with E-state index in [9.17, 15) is 9.59 Å². The van der Waals surface area contributed by atoms with Gasteiger partial charge < -0.3 is 19.5 Å². The Morgan fingerprint density at radius 3 is 2.60 bits per heavy atom. The highest BCUT2D eigenvalue weighted by atomic mass is 35.5. The van der Waals surface area contributed by atoms with Gasteiger partial charge in [-0.2, -0.15) is 0 Å². The van der Waals surface area contributed by atoms with E-state index in [0.717, 1.165) is 0 Å². The summed E-state index contributed by atoms with van der Waals surface area (Å²) in [4.78, 5) is 23.7. The predicted molar refractivity (Wildman–Crippen MR) is 89.2 cm³/mol. The van der Waals surface area contributed by atoms with E-state index in [-0.39, 0.29) is 18.8 Å². The van der Waals surface area contributed by atoms with Gasteiger partial charge in [0.1, 0.15) is 18.0 Å². The lowest BCUT2D eigenvalue weighted by atomic mass is 10.2. The van der Waals surface area contributed by atoms with Crippen molar-refractivity contribution >= 4 is 29.2 Å². The molecule has 1 aromatic heterocycles. The molecular weight excluding hydrogens is 352 g/mol. The number of carbonyl (C=O) groups excluding carboxylic acids is 2. The molecule has 0 radical (unpaired) electrons. The maximum atomic E-state index is 12.2. The largest absolute Gasteiger partial charge is 0.495 e. The summed E-state index contributed by atoms with van der Waals surface area (Å²) in [7, 11) is 2.94. The Hall–Kier alpha value is -2.81. The molecule has 134 valence electrons. The molecule has 0 fully saturated rings. The van der Waals surface area contributed by atoms with Gasteiger partial charge in [0, 0.05) is 6.07 Å². The number of rotatable bonds is 7. The molecule has 1 amide bonds. The zero-order valence-corrected chi connectivity index (χ0v) is 14.7. The van der Waals surface area contributed by atoms with Crippen molar-refractivity contribution in [1.82, 2.24) is 15.0 Å². The Morgan fingerprint density at radius 2 is 1.96 bits per heavy atom. The number of carbonyl (C=O) groups is 2. The molecule has 0 unspecified atom stereocenters. The molecule has 2 rings (SSSR count). The van der Waals surface area contributed by atoms with Crippen LogP contribution in [0, 0.1) is 0 Å². The second-order valence-corrected chi connectivity index (χ2v) is 5.16. The normalized spacial score (nSPS) is 10.2. The van der Waals surface area contributed by atoms with Crippen molar-refractivity contribution in [3.05, 3.63) is 29.0 Å². The first-order valence-electron chi connectivity index (χ1n) is 7.27. The Balaban J connectivity index is 2.08. The zero-order chi connectivity index (χ0) is 18.4. The molecule has 1 heterocycles. The summed E-state index contributed by atoms with van der Waals surface area (Å²) >= 11 is 6.06. The molecular formula is C15H17ClN4O5. The van der Waals surface area contributed by atoms with E-state index in [1.165, 1.54) is 31.2 Å². The van der Waals surface area contributed by atoms with E-state index >= 15 is 0 Å². The maximum Gasteiger partial charge on any atom is 0.360 e. The highest BCUT2D eigenvalue weighted by Gasteiger charge is 2.15. The molecule has 2 aromatic rings. The Labute approximate surface area is 148 Å². The molecule has 0 bridgehead atoms. The van der Waals surface area contributed by atoms with E-state index in [1.54, 1.807) is 13.0 Å². The zero-order valence-electron chi connectivity index (χ0n) is 13.9. The van der Waals surface area contributed by atoms with Gasteiger partial charge in [0.25, 0.3) is 0 Å². The van der Waals surface area contributed by atoms with Crippen molar-refractivity contribution in [1.29, 1.82) is 0 Å². The van der Waals surface area contributed by atoms with Crippen molar-refractivity contribution < 1.29 is 23.8 Å². The number of hydrogen-bond acceptors (Lipinski definition) is 7. The first-order valence-corrected chi connectivity index (χ1v) is 7.64. The molecule has 9 nitrogen and oxygen atoms in total. The highest BCUT2D eigenvalue weighted by Crippen LogP contribution is 2.35. The number of esters is 1. The molecule has 0 atom stereocenters. The molecule has 10 heteroatoms. The minimum Gasteiger partial charge on any atom is -0.495 e. The second kappa shape index (κ2) is 8.34. The summed E-state index contributed by atoms with van der Waals surface area (Å²) in [6, 6.07) is 3.08. The molecule has 0 aliphatic heterocycles. The maximum absolute atomic E-state index is 12.2. The fourth-order valence-electron chi connectivity index (χ4n) is 1.97. The average molecular weight is 369 g/mol. The topological polar surface area (TPSA) is 105 Å². The molecule has 0 aliphatic rings. The third-order valence-electron chi connectivity index (χ3n) is 3.08. The van der Waals surface area contributed by atoms with Crippen LogP contribution in [0.5, 0.6) is 11.5 Å². The third kappa shape index (κ3) is 4.60. The van der Waals surface area contributed by atoms with Crippen LogP contribution >= 0.6 is 11.6 Å². The predicted octanol–water partition coefficient (Wildman–Crippen LogP) is 1.76. The Kier molecular flexibility index (Phi) is 6.18. The lowest BCUT2D eigenvalue weighted by molar-refractivity contribution is -0.116. The number of nitrogens with one attached hydrogen (secondary N) is 1. The van der Waals surface area contributed by atoms with Crippen LogP contribution in [0.3, 0.4) is 0 Å². The van der Waals surface area contributed by atoms with Crippen LogP contribution in [-0.2, 0) is 16.1 Å². The minimum absolute atomic E-state index is 0.0275. The van der Waals surface area contributed by atoms with E-state index < -0.39 is 11.9 Å². The van der Waals surface area contributed by atoms with E-state index in [2.05, 4.69) is 15.6 Å². The smallest absolute Gasteiger partial charge is 0.360 e. The van der Waals surface area contributed by atoms with Crippen LogP contribution in [0.4, 0.5) is 5.69 Å². The number of benzene rings is 1. The first-order chi connectivity index (χ1) is 12.0. The molecule has 1 N–H and O–H groups in total. The lowest BCUT2D eigenvalue weighted by Crippen LogP contribution is -2.19. The van der Waals surface area contributed by atoms with Gasteiger partial charge in [-0.05, 0) is 13.0 Å². The van der Waals surface area contributed by atoms with Gasteiger partial charge in [0.05, 0.1) is 37.7 Å². The van der Waals surface area contributed by atoms with Gasteiger partial charge in [-0.1, -0.05) is 16.8 Å². The number of ether oxygens (including phenoxy) is 3. The van der Waals surface area contributed by atoms with Crippen LogP contribution in [0.25, 0.3) is 0 Å². The van der Waals surface area contributed by atoms with Crippen LogP contribution < -0.4 is 14.8 Å². The first kappa shape index (κ1) is 18.5. The van der Waals surface area contributed by atoms with Crippen LogP contribution in [-0.4, -0.2) is 47.7 Å². The molecule has 25 heavy (non-hydrogen) atoms. The lowest BCUT2D eigenvalue weighted by Gasteiger charge is -2.13. The van der Waals surface area contributed by atoms with Crippen molar-refractivity contribution in [3.8, 4) is 11.5 Å². The average Bonchev–Trinajstić information content (AvgIpc) is 3.03. The number of hydrogen-bond donors (Lipinski definition) is 1. The quantitative estimate of drug-likeness (QED) is 0.742. The summed E-state index contributed by atoms with van der Waals surface area (Å²) in [5.41, 5.74) is 0.406. The fraction of sp³-hybridized carbons (Fsp3) is 0.333. The Bertz CT molecular complexity index is 777. The number of nitrogens with zero attached hydrogens (tertiary/aromatic N) is 3. The van der Waals surface area contributed by atoms with Crippen molar-refractivity contribution in [2.24, 2.45) is 0 Å². The molecule has 0 saturated carbocycles. The van der Waals surface area contributed by atoms with E-state index in [4.69, 9.17) is 25.8 Å². The van der Waals surface area contributed by atoms with Gasteiger partial charge in [0.15, 0.2) is 5.69 Å². The second-order valence-electron chi connectivity index (χ2n) is 4.76. The number of halogens is 1. The minimum atomic E-state index is -0.599.